The molecular formula is C21H22N4O6S. The normalized spacial score (nSPS) is 10.8. The largest absolute Gasteiger partial charge is 0.493 e. The molecule has 0 aliphatic heterocycles. The average Bonchev–Trinajstić information content (AvgIpc) is 3.17. The minimum absolute atomic E-state index is 0.286. The van der Waals surface area contributed by atoms with Crippen LogP contribution in [0.3, 0.4) is 0 Å². The van der Waals surface area contributed by atoms with Gasteiger partial charge in [0.15, 0.2) is 28.8 Å². The fourth-order valence-electron chi connectivity index (χ4n) is 2.92. The highest BCUT2D eigenvalue weighted by Gasteiger charge is 2.17. The Labute approximate surface area is 189 Å². The summed E-state index contributed by atoms with van der Waals surface area (Å²) in [4.78, 5) is 11.2. The lowest BCUT2D eigenvalue weighted by atomic mass is 10.1. The van der Waals surface area contributed by atoms with Crippen molar-refractivity contribution in [3.63, 3.8) is 0 Å². The molecule has 0 atom stereocenters. The molecule has 3 rings (SSSR count). The fourth-order valence-corrected chi connectivity index (χ4v) is 3.10. The van der Waals surface area contributed by atoms with Gasteiger partial charge in [0, 0.05) is 12.5 Å². The standard InChI is InChI=1S/C21H22N4O6S/c1-12(26)31-15-7-6-13(8-16(15)27-2)11-22-25-20(23-24-21(25)32)14-9-17(28-3)19(30-5)18(10-14)29-4/h6-11H,1-5H3,(H,24,32). The first-order valence-electron chi connectivity index (χ1n) is 9.30. The van der Waals surface area contributed by atoms with Gasteiger partial charge in [0.2, 0.25) is 10.5 Å². The second-order valence-corrected chi connectivity index (χ2v) is 6.71. The number of aromatic amines is 1. The average molecular weight is 458 g/mol. The van der Waals surface area contributed by atoms with Gasteiger partial charge in [-0.05, 0) is 48.1 Å². The Bertz CT molecular complexity index is 1190. The molecule has 0 saturated heterocycles. The number of rotatable bonds is 8. The molecule has 2 aromatic carbocycles. The number of benzene rings is 2. The van der Waals surface area contributed by atoms with E-state index in [4.69, 9.17) is 35.9 Å². The van der Waals surface area contributed by atoms with Gasteiger partial charge in [0.25, 0.3) is 0 Å². The molecule has 0 fully saturated rings. The van der Waals surface area contributed by atoms with Gasteiger partial charge >= 0.3 is 5.97 Å². The van der Waals surface area contributed by atoms with E-state index in [1.165, 1.54) is 40.0 Å². The van der Waals surface area contributed by atoms with Gasteiger partial charge < -0.3 is 23.7 Å². The summed E-state index contributed by atoms with van der Waals surface area (Å²) in [5, 5.41) is 11.5. The molecule has 0 saturated carbocycles. The number of carbonyl (C=O) groups is 1. The third-order valence-corrected chi connectivity index (χ3v) is 4.60. The van der Waals surface area contributed by atoms with Crippen LogP contribution in [0.5, 0.6) is 28.7 Å². The van der Waals surface area contributed by atoms with Gasteiger partial charge in [-0.25, -0.2) is 5.10 Å². The van der Waals surface area contributed by atoms with Crippen LogP contribution in [0.25, 0.3) is 11.4 Å². The zero-order valence-electron chi connectivity index (χ0n) is 18.2. The molecule has 0 amide bonds. The molecular weight excluding hydrogens is 436 g/mol. The Balaban J connectivity index is 2.01. The SMILES string of the molecule is COc1cc(C=Nn2c(-c3cc(OC)c(OC)c(OC)c3)n[nH]c2=S)ccc1OC(C)=O. The van der Waals surface area contributed by atoms with Crippen molar-refractivity contribution in [1.29, 1.82) is 0 Å². The topological polar surface area (TPSA) is 109 Å². The highest BCUT2D eigenvalue weighted by molar-refractivity contribution is 7.71. The van der Waals surface area contributed by atoms with E-state index in [1.807, 2.05) is 0 Å². The molecule has 3 aromatic rings. The molecule has 0 aliphatic carbocycles. The van der Waals surface area contributed by atoms with Crippen molar-refractivity contribution in [2.24, 2.45) is 5.10 Å². The van der Waals surface area contributed by atoms with Crippen LogP contribution < -0.4 is 23.7 Å². The Hall–Kier alpha value is -3.86. The number of nitrogens with one attached hydrogen (secondary N) is 1. The summed E-state index contributed by atoms with van der Waals surface area (Å²) >= 11 is 5.34. The predicted molar refractivity (Wildman–Crippen MR) is 120 cm³/mol. The monoisotopic (exact) mass is 458 g/mol. The minimum atomic E-state index is -0.440. The lowest BCUT2D eigenvalue weighted by Crippen LogP contribution is -2.03. The van der Waals surface area contributed by atoms with Crippen molar-refractivity contribution in [2.45, 2.75) is 6.92 Å². The highest BCUT2D eigenvalue weighted by atomic mass is 32.1. The molecule has 1 N–H and O–H groups in total. The quantitative estimate of drug-likeness (QED) is 0.237. The van der Waals surface area contributed by atoms with Crippen molar-refractivity contribution in [3.8, 4) is 40.1 Å². The smallest absolute Gasteiger partial charge is 0.308 e. The summed E-state index contributed by atoms with van der Waals surface area (Å²) in [7, 11) is 6.08. The van der Waals surface area contributed by atoms with Gasteiger partial charge in [-0.2, -0.15) is 14.9 Å². The van der Waals surface area contributed by atoms with Crippen LogP contribution in [0.4, 0.5) is 0 Å². The molecule has 0 spiro atoms. The van der Waals surface area contributed by atoms with Gasteiger partial charge in [0.05, 0.1) is 34.7 Å². The Morgan fingerprint density at radius 3 is 2.22 bits per heavy atom. The van der Waals surface area contributed by atoms with Crippen LogP contribution in [0.15, 0.2) is 35.4 Å². The maximum absolute atomic E-state index is 11.2. The fraction of sp³-hybridized carbons (Fsp3) is 0.238. The Kier molecular flexibility index (Phi) is 7.11. The van der Waals surface area contributed by atoms with Crippen molar-refractivity contribution in [1.82, 2.24) is 14.9 Å². The third-order valence-electron chi connectivity index (χ3n) is 4.34. The number of hydrogen-bond acceptors (Lipinski definition) is 9. The summed E-state index contributed by atoms with van der Waals surface area (Å²) in [6, 6.07) is 8.53. The summed E-state index contributed by atoms with van der Waals surface area (Å²) in [6.07, 6.45) is 1.58. The van der Waals surface area contributed by atoms with E-state index >= 15 is 0 Å². The van der Waals surface area contributed by atoms with E-state index in [1.54, 1.807) is 36.5 Å². The van der Waals surface area contributed by atoms with Crippen molar-refractivity contribution >= 4 is 24.4 Å². The third kappa shape index (κ3) is 4.72. The molecule has 0 radical (unpaired) electrons. The van der Waals surface area contributed by atoms with Gasteiger partial charge in [-0.15, -0.1) is 0 Å². The van der Waals surface area contributed by atoms with Gasteiger partial charge in [0.1, 0.15) is 0 Å². The lowest BCUT2D eigenvalue weighted by molar-refractivity contribution is -0.132. The number of hydrogen-bond donors (Lipinski definition) is 1. The number of H-pyrrole nitrogens is 1. The number of nitrogens with zero attached hydrogens (tertiary/aromatic N) is 3. The Morgan fingerprint density at radius 1 is 1.00 bits per heavy atom. The molecule has 1 heterocycles. The van der Waals surface area contributed by atoms with Crippen molar-refractivity contribution in [2.75, 3.05) is 28.4 Å². The molecule has 11 heteroatoms. The molecule has 32 heavy (non-hydrogen) atoms. The summed E-state index contributed by atoms with van der Waals surface area (Å²) in [6.45, 7) is 1.32. The van der Waals surface area contributed by atoms with Crippen LogP contribution in [0.1, 0.15) is 12.5 Å². The molecule has 0 unspecified atom stereocenters. The van der Waals surface area contributed by atoms with Gasteiger partial charge in [-0.3, -0.25) is 4.79 Å². The summed E-state index contributed by atoms with van der Waals surface area (Å²) < 4.78 is 28.4. The first kappa shape index (κ1) is 22.8. The second kappa shape index (κ2) is 9.96. The van der Waals surface area contributed by atoms with E-state index in [-0.39, 0.29) is 4.77 Å². The molecule has 0 bridgehead atoms. The van der Waals surface area contributed by atoms with E-state index < -0.39 is 5.97 Å². The minimum Gasteiger partial charge on any atom is -0.493 e. The van der Waals surface area contributed by atoms with E-state index in [0.29, 0.717) is 45.7 Å². The number of ether oxygens (including phenoxy) is 5. The van der Waals surface area contributed by atoms with E-state index in [0.717, 1.165) is 0 Å². The van der Waals surface area contributed by atoms with Crippen molar-refractivity contribution in [3.05, 3.63) is 40.7 Å². The maximum atomic E-state index is 11.2. The first-order chi connectivity index (χ1) is 15.4. The number of aromatic nitrogens is 3. The van der Waals surface area contributed by atoms with Crippen LogP contribution in [-0.4, -0.2) is 55.5 Å². The van der Waals surface area contributed by atoms with Crippen LogP contribution in [-0.2, 0) is 4.79 Å². The first-order valence-corrected chi connectivity index (χ1v) is 9.71. The summed E-state index contributed by atoms with van der Waals surface area (Å²) in [5.41, 5.74) is 1.34. The van der Waals surface area contributed by atoms with Crippen LogP contribution in [0, 0.1) is 4.77 Å². The highest BCUT2D eigenvalue weighted by Crippen LogP contribution is 2.40. The predicted octanol–water partition coefficient (Wildman–Crippen LogP) is 3.45. The number of esters is 1. The van der Waals surface area contributed by atoms with Crippen LogP contribution >= 0.6 is 12.2 Å². The maximum Gasteiger partial charge on any atom is 0.308 e. The molecule has 1 aromatic heterocycles. The molecule has 168 valence electrons. The zero-order chi connectivity index (χ0) is 23.3. The van der Waals surface area contributed by atoms with E-state index in [9.17, 15) is 4.79 Å². The summed E-state index contributed by atoms with van der Waals surface area (Å²) in [5.74, 6) is 2.11. The van der Waals surface area contributed by atoms with Crippen LogP contribution in [0.2, 0.25) is 0 Å². The molecule has 10 nitrogen and oxygen atoms in total. The number of methoxy groups -OCH3 is 4. The Morgan fingerprint density at radius 2 is 1.66 bits per heavy atom. The second-order valence-electron chi connectivity index (χ2n) is 6.33. The number of carbonyl (C=O) groups excluding carboxylic acids is 1. The van der Waals surface area contributed by atoms with Crippen molar-refractivity contribution < 1.29 is 28.5 Å². The lowest BCUT2D eigenvalue weighted by Gasteiger charge is -2.13. The van der Waals surface area contributed by atoms with E-state index in [2.05, 4.69) is 15.3 Å². The molecule has 0 aliphatic rings. The van der Waals surface area contributed by atoms with Gasteiger partial charge in [-0.1, -0.05) is 0 Å². The zero-order valence-corrected chi connectivity index (χ0v) is 19.0.